The summed E-state index contributed by atoms with van der Waals surface area (Å²) >= 11 is 0. The van der Waals surface area contributed by atoms with Gasteiger partial charge in [0.15, 0.2) is 0 Å². The van der Waals surface area contributed by atoms with Crippen LogP contribution in [0.2, 0.25) is 0 Å². The van der Waals surface area contributed by atoms with Gasteiger partial charge in [-0.3, -0.25) is 0 Å². The van der Waals surface area contributed by atoms with Crippen LogP contribution < -0.4 is 0 Å². The standard InChI is InChI=1S/C11H21NO/c1-8-7-9(13-12-8)11(5,6)10(2,3)4/h9H,7H2,1-6H3. The van der Waals surface area contributed by atoms with E-state index in [0.29, 0.717) is 0 Å². The molecule has 1 unspecified atom stereocenters. The fraction of sp³-hybridized carbons (Fsp3) is 0.909. The van der Waals surface area contributed by atoms with Crippen molar-refractivity contribution in [1.82, 2.24) is 0 Å². The zero-order valence-corrected chi connectivity index (χ0v) is 9.64. The number of hydrogen-bond acceptors (Lipinski definition) is 2. The fourth-order valence-electron chi connectivity index (χ4n) is 1.37. The maximum atomic E-state index is 5.44. The minimum atomic E-state index is 0.161. The van der Waals surface area contributed by atoms with Gasteiger partial charge in [-0.1, -0.05) is 39.8 Å². The molecule has 1 heterocycles. The van der Waals surface area contributed by atoms with E-state index in [-0.39, 0.29) is 16.9 Å². The maximum Gasteiger partial charge on any atom is 0.138 e. The van der Waals surface area contributed by atoms with E-state index >= 15 is 0 Å². The molecule has 13 heavy (non-hydrogen) atoms. The summed E-state index contributed by atoms with van der Waals surface area (Å²) in [6.07, 6.45) is 1.22. The third-order valence-electron chi connectivity index (χ3n) is 3.55. The molecule has 0 aromatic rings. The Morgan fingerprint density at radius 3 is 2.08 bits per heavy atom. The van der Waals surface area contributed by atoms with Crippen LogP contribution in [0.5, 0.6) is 0 Å². The average molecular weight is 183 g/mol. The van der Waals surface area contributed by atoms with E-state index in [9.17, 15) is 0 Å². The predicted molar refractivity (Wildman–Crippen MR) is 55.8 cm³/mol. The highest BCUT2D eigenvalue weighted by atomic mass is 16.6. The second-order valence-electron chi connectivity index (χ2n) is 5.60. The largest absolute Gasteiger partial charge is 0.392 e. The van der Waals surface area contributed by atoms with Gasteiger partial charge >= 0.3 is 0 Å². The van der Waals surface area contributed by atoms with Gasteiger partial charge in [-0.25, -0.2) is 0 Å². The number of rotatable bonds is 1. The second-order valence-corrected chi connectivity index (χ2v) is 5.60. The Labute approximate surface area is 81.3 Å². The van der Waals surface area contributed by atoms with Gasteiger partial charge < -0.3 is 4.84 Å². The van der Waals surface area contributed by atoms with Crippen molar-refractivity contribution in [2.45, 2.75) is 54.1 Å². The minimum Gasteiger partial charge on any atom is -0.392 e. The number of hydrogen-bond donors (Lipinski definition) is 0. The summed E-state index contributed by atoms with van der Waals surface area (Å²) in [5.41, 5.74) is 1.52. The third-order valence-corrected chi connectivity index (χ3v) is 3.55. The van der Waals surface area contributed by atoms with Crippen LogP contribution in [-0.4, -0.2) is 11.8 Å². The van der Waals surface area contributed by atoms with E-state index < -0.39 is 0 Å². The van der Waals surface area contributed by atoms with Crippen molar-refractivity contribution in [1.29, 1.82) is 0 Å². The lowest BCUT2D eigenvalue weighted by atomic mass is 9.65. The molecule has 0 N–H and O–H groups in total. The van der Waals surface area contributed by atoms with Crippen molar-refractivity contribution in [2.75, 3.05) is 0 Å². The quantitative estimate of drug-likeness (QED) is 0.611. The lowest BCUT2D eigenvalue weighted by Crippen LogP contribution is -2.40. The van der Waals surface area contributed by atoms with E-state index in [1.807, 2.05) is 6.92 Å². The summed E-state index contributed by atoms with van der Waals surface area (Å²) < 4.78 is 0. The van der Waals surface area contributed by atoms with Crippen LogP contribution in [0.4, 0.5) is 0 Å². The zero-order valence-electron chi connectivity index (χ0n) is 9.64. The normalized spacial score (nSPS) is 24.2. The van der Waals surface area contributed by atoms with Crippen LogP contribution in [0.25, 0.3) is 0 Å². The Hall–Kier alpha value is -0.530. The number of nitrogens with zero attached hydrogens (tertiary/aromatic N) is 1. The van der Waals surface area contributed by atoms with E-state index in [1.54, 1.807) is 0 Å². The van der Waals surface area contributed by atoms with E-state index in [2.05, 4.69) is 39.8 Å². The van der Waals surface area contributed by atoms with Gasteiger partial charge in [0.2, 0.25) is 0 Å². The van der Waals surface area contributed by atoms with Gasteiger partial charge in [-0.05, 0) is 12.3 Å². The summed E-state index contributed by atoms with van der Waals surface area (Å²) in [5.74, 6) is 0. The molecular weight excluding hydrogens is 162 g/mol. The van der Waals surface area contributed by atoms with Crippen molar-refractivity contribution in [3.8, 4) is 0 Å². The van der Waals surface area contributed by atoms with Crippen molar-refractivity contribution in [2.24, 2.45) is 16.0 Å². The molecule has 0 bridgehead atoms. The van der Waals surface area contributed by atoms with Gasteiger partial charge in [0.05, 0.1) is 5.71 Å². The Kier molecular flexibility index (Phi) is 2.44. The summed E-state index contributed by atoms with van der Waals surface area (Å²) in [6, 6.07) is 0. The third kappa shape index (κ3) is 1.87. The highest BCUT2D eigenvalue weighted by molar-refractivity contribution is 5.82. The molecule has 2 nitrogen and oxygen atoms in total. The van der Waals surface area contributed by atoms with Gasteiger partial charge in [0.25, 0.3) is 0 Å². The molecule has 0 aromatic carbocycles. The molecule has 2 heteroatoms. The Morgan fingerprint density at radius 1 is 1.23 bits per heavy atom. The predicted octanol–water partition coefficient (Wildman–Crippen LogP) is 3.22. The van der Waals surface area contributed by atoms with Crippen LogP contribution >= 0.6 is 0 Å². The Morgan fingerprint density at radius 2 is 1.77 bits per heavy atom. The summed E-state index contributed by atoms with van der Waals surface area (Å²) in [5, 5.41) is 4.01. The second kappa shape index (κ2) is 3.00. The highest BCUT2D eigenvalue weighted by Gasteiger charge is 2.43. The molecule has 0 saturated carbocycles. The van der Waals surface area contributed by atoms with Crippen LogP contribution in [0.3, 0.4) is 0 Å². The molecule has 0 fully saturated rings. The van der Waals surface area contributed by atoms with E-state index in [0.717, 1.165) is 12.1 Å². The fourth-order valence-corrected chi connectivity index (χ4v) is 1.37. The lowest BCUT2D eigenvalue weighted by Gasteiger charge is -2.41. The number of oxime groups is 1. The Bertz CT molecular complexity index is 223. The SMILES string of the molecule is CC1=NOC(C(C)(C)C(C)(C)C)C1. The molecule has 0 aliphatic carbocycles. The molecule has 0 aromatic heterocycles. The lowest BCUT2D eigenvalue weighted by molar-refractivity contribution is -0.0571. The molecule has 0 amide bonds. The molecule has 76 valence electrons. The molecule has 1 aliphatic rings. The summed E-state index contributed by atoms with van der Waals surface area (Å²) in [7, 11) is 0. The highest BCUT2D eigenvalue weighted by Crippen LogP contribution is 2.44. The molecule has 1 aliphatic heterocycles. The van der Waals surface area contributed by atoms with Gasteiger partial charge in [-0.2, -0.15) is 0 Å². The Balaban J connectivity index is 2.73. The van der Waals surface area contributed by atoms with Crippen LogP contribution in [-0.2, 0) is 4.84 Å². The van der Waals surface area contributed by atoms with Gasteiger partial charge in [0, 0.05) is 11.8 Å². The van der Waals surface area contributed by atoms with Gasteiger partial charge in [-0.15, -0.1) is 0 Å². The average Bonchev–Trinajstić information content (AvgIpc) is 2.33. The molecule has 0 radical (unpaired) electrons. The first-order valence-corrected chi connectivity index (χ1v) is 4.94. The minimum absolute atomic E-state index is 0.161. The molecule has 1 rings (SSSR count). The first-order chi connectivity index (χ1) is 5.75. The molecule has 0 spiro atoms. The van der Waals surface area contributed by atoms with E-state index in [4.69, 9.17) is 4.84 Å². The van der Waals surface area contributed by atoms with Crippen LogP contribution in [0.15, 0.2) is 5.16 Å². The van der Waals surface area contributed by atoms with Crippen molar-refractivity contribution in [3.63, 3.8) is 0 Å². The van der Waals surface area contributed by atoms with Crippen molar-refractivity contribution >= 4 is 5.71 Å². The topological polar surface area (TPSA) is 21.6 Å². The first-order valence-electron chi connectivity index (χ1n) is 4.94. The smallest absolute Gasteiger partial charge is 0.138 e. The van der Waals surface area contributed by atoms with Crippen molar-refractivity contribution in [3.05, 3.63) is 0 Å². The first kappa shape index (κ1) is 10.6. The van der Waals surface area contributed by atoms with E-state index in [1.165, 1.54) is 0 Å². The van der Waals surface area contributed by atoms with Crippen molar-refractivity contribution < 1.29 is 4.84 Å². The molecular formula is C11H21NO. The molecule has 0 saturated heterocycles. The maximum absolute atomic E-state index is 5.44. The van der Waals surface area contributed by atoms with Gasteiger partial charge in [0.1, 0.15) is 6.10 Å². The monoisotopic (exact) mass is 183 g/mol. The van der Waals surface area contributed by atoms with Crippen LogP contribution in [0.1, 0.15) is 48.0 Å². The summed E-state index contributed by atoms with van der Waals surface area (Å²) in [4.78, 5) is 5.44. The van der Waals surface area contributed by atoms with Crippen LogP contribution in [0, 0.1) is 10.8 Å². The zero-order chi connectivity index (χ0) is 10.3. The summed E-state index contributed by atoms with van der Waals surface area (Å²) in [6.45, 7) is 13.3. The molecule has 1 atom stereocenters.